The standard InChI is InChI=1S/C21H23N3O3S/c1-12-9-13(2)19(14(3)10-12)24-20(26)15-5-6-16-17(11-15)28-21(22-16)23-18(25)7-8-27-4/h5-6,9-11H,7-8H2,1-4H3,(H,24,26)(H,22,23,25). The van der Waals surface area contributed by atoms with Gasteiger partial charge in [-0.15, -0.1) is 0 Å². The van der Waals surface area contributed by atoms with Crippen LogP contribution < -0.4 is 10.6 Å². The molecule has 0 bridgehead atoms. The van der Waals surface area contributed by atoms with Crippen molar-refractivity contribution < 1.29 is 14.3 Å². The van der Waals surface area contributed by atoms with Crippen LogP contribution in [0.2, 0.25) is 0 Å². The fraction of sp³-hybridized carbons (Fsp3) is 0.286. The summed E-state index contributed by atoms with van der Waals surface area (Å²) < 4.78 is 5.74. The normalized spacial score (nSPS) is 10.9. The number of hydrogen-bond acceptors (Lipinski definition) is 5. The highest BCUT2D eigenvalue weighted by Gasteiger charge is 2.13. The number of anilines is 2. The van der Waals surface area contributed by atoms with Crippen LogP contribution in [0.3, 0.4) is 0 Å². The minimum Gasteiger partial charge on any atom is -0.384 e. The Labute approximate surface area is 167 Å². The van der Waals surface area contributed by atoms with Crippen molar-refractivity contribution in [2.24, 2.45) is 0 Å². The Bertz CT molecular complexity index is 1020. The van der Waals surface area contributed by atoms with Crippen molar-refractivity contribution in [2.75, 3.05) is 24.4 Å². The number of fused-ring (bicyclic) bond motifs is 1. The van der Waals surface area contributed by atoms with Gasteiger partial charge in [-0.25, -0.2) is 4.98 Å². The van der Waals surface area contributed by atoms with Gasteiger partial charge in [0.05, 0.1) is 23.2 Å². The summed E-state index contributed by atoms with van der Waals surface area (Å²) in [5.74, 6) is -0.319. The summed E-state index contributed by atoms with van der Waals surface area (Å²) in [6.45, 7) is 6.37. The Kier molecular flexibility index (Phi) is 6.06. The van der Waals surface area contributed by atoms with E-state index in [9.17, 15) is 9.59 Å². The molecule has 0 atom stereocenters. The van der Waals surface area contributed by atoms with Gasteiger partial charge in [0.25, 0.3) is 5.91 Å². The zero-order chi connectivity index (χ0) is 20.3. The maximum atomic E-state index is 12.7. The Hall–Kier alpha value is -2.77. The highest BCUT2D eigenvalue weighted by Crippen LogP contribution is 2.28. The molecule has 146 valence electrons. The number of ether oxygens (including phenoxy) is 1. The van der Waals surface area contributed by atoms with Crippen molar-refractivity contribution in [3.63, 3.8) is 0 Å². The van der Waals surface area contributed by atoms with Gasteiger partial charge in [0.2, 0.25) is 5.91 Å². The van der Waals surface area contributed by atoms with Crippen LogP contribution in [0.15, 0.2) is 30.3 Å². The van der Waals surface area contributed by atoms with E-state index < -0.39 is 0 Å². The third-order valence-corrected chi connectivity index (χ3v) is 5.28. The molecule has 0 radical (unpaired) electrons. The summed E-state index contributed by atoms with van der Waals surface area (Å²) in [5.41, 5.74) is 5.36. The van der Waals surface area contributed by atoms with Crippen molar-refractivity contribution in [2.45, 2.75) is 27.2 Å². The lowest BCUT2D eigenvalue weighted by molar-refractivity contribution is -0.117. The number of amides is 2. The van der Waals surface area contributed by atoms with Crippen LogP contribution in [0.5, 0.6) is 0 Å². The molecule has 0 unspecified atom stereocenters. The van der Waals surface area contributed by atoms with Gasteiger partial charge in [0.15, 0.2) is 5.13 Å². The number of carbonyl (C=O) groups excluding carboxylic acids is 2. The molecular weight excluding hydrogens is 374 g/mol. The van der Waals surface area contributed by atoms with Crippen molar-refractivity contribution in [1.29, 1.82) is 0 Å². The smallest absolute Gasteiger partial charge is 0.255 e. The van der Waals surface area contributed by atoms with E-state index in [1.54, 1.807) is 25.3 Å². The van der Waals surface area contributed by atoms with Gasteiger partial charge in [0, 0.05) is 18.4 Å². The number of nitrogens with zero attached hydrogens (tertiary/aromatic N) is 1. The third kappa shape index (κ3) is 4.55. The number of nitrogens with one attached hydrogen (secondary N) is 2. The van der Waals surface area contributed by atoms with Gasteiger partial charge in [-0.05, 0) is 50.1 Å². The Balaban J connectivity index is 1.78. The molecule has 2 N–H and O–H groups in total. The number of thiazole rings is 1. The van der Waals surface area contributed by atoms with Crippen LogP contribution in [0.25, 0.3) is 10.2 Å². The zero-order valence-corrected chi connectivity index (χ0v) is 17.2. The lowest BCUT2D eigenvalue weighted by Crippen LogP contribution is -2.13. The average molecular weight is 398 g/mol. The molecule has 3 rings (SSSR count). The van der Waals surface area contributed by atoms with Gasteiger partial charge in [-0.1, -0.05) is 29.0 Å². The predicted octanol–water partition coefficient (Wildman–Crippen LogP) is 4.45. The molecule has 0 aliphatic rings. The van der Waals surface area contributed by atoms with E-state index in [0.29, 0.717) is 17.3 Å². The summed E-state index contributed by atoms with van der Waals surface area (Å²) in [4.78, 5) is 29.0. The van der Waals surface area contributed by atoms with Gasteiger partial charge in [-0.2, -0.15) is 0 Å². The lowest BCUT2D eigenvalue weighted by Gasteiger charge is -2.12. The maximum absolute atomic E-state index is 12.7. The number of benzene rings is 2. The number of aryl methyl sites for hydroxylation is 3. The summed E-state index contributed by atoms with van der Waals surface area (Å²) in [5, 5.41) is 6.29. The highest BCUT2D eigenvalue weighted by atomic mass is 32.1. The molecule has 3 aromatic rings. The first kappa shape index (κ1) is 20.0. The quantitative estimate of drug-likeness (QED) is 0.644. The van der Waals surface area contributed by atoms with E-state index in [1.165, 1.54) is 16.9 Å². The lowest BCUT2D eigenvalue weighted by atomic mass is 10.0. The van der Waals surface area contributed by atoms with E-state index in [-0.39, 0.29) is 18.2 Å². The van der Waals surface area contributed by atoms with Gasteiger partial charge in [-0.3, -0.25) is 9.59 Å². The fourth-order valence-electron chi connectivity index (χ4n) is 3.06. The molecule has 2 aromatic carbocycles. The van der Waals surface area contributed by atoms with Crippen molar-refractivity contribution >= 4 is 44.2 Å². The van der Waals surface area contributed by atoms with Crippen LogP contribution in [-0.2, 0) is 9.53 Å². The largest absolute Gasteiger partial charge is 0.384 e. The first-order chi connectivity index (χ1) is 13.4. The minimum absolute atomic E-state index is 0.149. The second-order valence-corrected chi connectivity index (χ2v) is 7.75. The van der Waals surface area contributed by atoms with Gasteiger partial charge >= 0.3 is 0 Å². The maximum Gasteiger partial charge on any atom is 0.255 e. The van der Waals surface area contributed by atoms with Crippen LogP contribution in [0.4, 0.5) is 10.8 Å². The Morgan fingerprint density at radius 1 is 1.07 bits per heavy atom. The van der Waals surface area contributed by atoms with Gasteiger partial charge < -0.3 is 15.4 Å². The molecule has 0 saturated heterocycles. The minimum atomic E-state index is -0.170. The third-order valence-electron chi connectivity index (χ3n) is 4.35. The number of rotatable bonds is 6. The van der Waals surface area contributed by atoms with E-state index in [2.05, 4.69) is 15.6 Å². The van der Waals surface area contributed by atoms with Gasteiger partial charge in [0.1, 0.15) is 0 Å². The highest BCUT2D eigenvalue weighted by molar-refractivity contribution is 7.22. The number of aromatic nitrogens is 1. The van der Waals surface area contributed by atoms with Crippen LogP contribution in [0.1, 0.15) is 33.5 Å². The second-order valence-electron chi connectivity index (χ2n) is 6.72. The molecule has 7 heteroatoms. The van der Waals surface area contributed by atoms with Crippen molar-refractivity contribution in [3.8, 4) is 0 Å². The first-order valence-electron chi connectivity index (χ1n) is 8.96. The molecule has 6 nitrogen and oxygen atoms in total. The molecule has 0 fully saturated rings. The molecule has 1 heterocycles. The van der Waals surface area contributed by atoms with E-state index >= 15 is 0 Å². The van der Waals surface area contributed by atoms with Crippen LogP contribution >= 0.6 is 11.3 Å². The number of hydrogen-bond donors (Lipinski definition) is 2. The second kappa shape index (κ2) is 8.50. The summed E-state index contributed by atoms with van der Waals surface area (Å²) in [7, 11) is 1.55. The van der Waals surface area contributed by atoms with Crippen LogP contribution in [-0.4, -0.2) is 30.5 Å². The summed E-state index contributed by atoms with van der Waals surface area (Å²) in [6.07, 6.45) is 0.273. The van der Waals surface area contributed by atoms with Crippen molar-refractivity contribution in [3.05, 3.63) is 52.6 Å². The molecule has 28 heavy (non-hydrogen) atoms. The van der Waals surface area contributed by atoms with E-state index in [4.69, 9.17) is 4.74 Å². The molecule has 2 amide bonds. The van der Waals surface area contributed by atoms with E-state index in [1.807, 2.05) is 32.9 Å². The fourth-order valence-corrected chi connectivity index (χ4v) is 3.98. The number of carbonyl (C=O) groups is 2. The molecule has 0 aliphatic heterocycles. The molecule has 0 spiro atoms. The van der Waals surface area contributed by atoms with E-state index in [0.717, 1.165) is 27.0 Å². The Morgan fingerprint density at radius 3 is 2.46 bits per heavy atom. The summed E-state index contributed by atoms with van der Waals surface area (Å²) >= 11 is 1.34. The first-order valence-corrected chi connectivity index (χ1v) is 9.77. The molecule has 0 saturated carbocycles. The number of methoxy groups -OCH3 is 1. The van der Waals surface area contributed by atoms with Crippen LogP contribution in [0, 0.1) is 20.8 Å². The molecule has 1 aromatic heterocycles. The Morgan fingerprint density at radius 2 is 1.79 bits per heavy atom. The summed E-state index contributed by atoms with van der Waals surface area (Å²) in [6, 6.07) is 9.43. The zero-order valence-electron chi connectivity index (χ0n) is 16.4. The monoisotopic (exact) mass is 397 g/mol. The SMILES string of the molecule is COCCC(=O)Nc1nc2ccc(C(=O)Nc3c(C)cc(C)cc3C)cc2s1. The average Bonchev–Trinajstić information content (AvgIpc) is 3.03. The molecular formula is C21H23N3O3S. The molecule has 0 aliphatic carbocycles. The van der Waals surface area contributed by atoms with Crippen molar-refractivity contribution in [1.82, 2.24) is 4.98 Å². The topological polar surface area (TPSA) is 80.3 Å². The predicted molar refractivity (Wildman–Crippen MR) is 113 cm³/mol.